The summed E-state index contributed by atoms with van der Waals surface area (Å²) in [7, 11) is 0. The molecule has 2 rings (SSSR count). The van der Waals surface area contributed by atoms with Crippen molar-refractivity contribution >= 4 is 0 Å². The zero-order chi connectivity index (χ0) is 9.80. The van der Waals surface area contributed by atoms with Gasteiger partial charge in [-0.1, -0.05) is 0 Å². The third kappa shape index (κ3) is 2.13. The van der Waals surface area contributed by atoms with Crippen LogP contribution < -0.4 is 4.74 Å². The van der Waals surface area contributed by atoms with Gasteiger partial charge in [-0.15, -0.1) is 0 Å². The fraction of sp³-hybridized carbons (Fsp3) is 0.0909. The first-order valence-corrected chi connectivity index (χ1v) is 4.24. The molecular weight excluding hydrogens is 183 g/mol. The average molecular weight is 192 g/mol. The van der Waals surface area contributed by atoms with Crippen molar-refractivity contribution in [3.8, 4) is 5.75 Å². The van der Waals surface area contributed by atoms with E-state index in [0.29, 0.717) is 12.4 Å². The Morgan fingerprint density at radius 1 is 1.14 bits per heavy atom. The maximum Gasteiger partial charge on any atom is 0.123 e. The summed E-state index contributed by atoms with van der Waals surface area (Å²) in [6.45, 7) is 0.433. The van der Waals surface area contributed by atoms with E-state index in [9.17, 15) is 4.39 Å². The van der Waals surface area contributed by atoms with E-state index in [0.717, 1.165) is 5.56 Å². The lowest BCUT2D eigenvalue weighted by Gasteiger charge is -2.03. The molecule has 0 amide bonds. The third-order valence-corrected chi connectivity index (χ3v) is 1.80. The summed E-state index contributed by atoms with van der Waals surface area (Å²) >= 11 is 0. The molecule has 72 valence electrons. The summed E-state index contributed by atoms with van der Waals surface area (Å²) in [5.41, 5.74) is 0.953. The first kappa shape index (κ1) is 8.81. The first-order valence-electron chi connectivity index (χ1n) is 4.24. The van der Waals surface area contributed by atoms with Crippen molar-refractivity contribution in [2.24, 2.45) is 0 Å². The molecule has 0 fully saturated rings. The second-order valence-electron chi connectivity index (χ2n) is 2.87. The van der Waals surface area contributed by atoms with Crippen molar-refractivity contribution < 1.29 is 13.5 Å². The number of ether oxygens (including phenoxy) is 1. The second kappa shape index (κ2) is 3.96. The number of furan rings is 1. The van der Waals surface area contributed by atoms with Crippen LogP contribution in [0.4, 0.5) is 4.39 Å². The minimum absolute atomic E-state index is 0.263. The summed E-state index contributed by atoms with van der Waals surface area (Å²) in [6, 6.07) is 7.74. The van der Waals surface area contributed by atoms with E-state index < -0.39 is 0 Å². The quantitative estimate of drug-likeness (QED) is 0.745. The lowest BCUT2D eigenvalue weighted by atomic mass is 10.3. The van der Waals surface area contributed by atoms with Crippen LogP contribution in [0.2, 0.25) is 0 Å². The molecule has 0 N–H and O–H groups in total. The summed E-state index contributed by atoms with van der Waals surface area (Å²) < 4.78 is 22.8. The van der Waals surface area contributed by atoms with Gasteiger partial charge in [0.2, 0.25) is 0 Å². The Balaban J connectivity index is 1.95. The zero-order valence-corrected chi connectivity index (χ0v) is 7.44. The molecule has 2 nitrogen and oxygen atoms in total. The largest absolute Gasteiger partial charge is 0.489 e. The lowest BCUT2D eigenvalue weighted by molar-refractivity contribution is 0.304. The summed E-state index contributed by atoms with van der Waals surface area (Å²) in [4.78, 5) is 0. The average Bonchev–Trinajstić information content (AvgIpc) is 2.70. The van der Waals surface area contributed by atoms with Crippen LogP contribution in [-0.4, -0.2) is 0 Å². The van der Waals surface area contributed by atoms with E-state index in [4.69, 9.17) is 9.15 Å². The summed E-state index contributed by atoms with van der Waals surface area (Å²) in [5, 5.41) is 0. The van der Waals surface area contributed by atoms with Crippen LogP contribution in [0.1, 0.15) is 5.56 Å². The van der Waals surface area contributed by atoms with Gasteiger partial charge in [-0.3, -0.25) is 0 Å². The number of hydrogen-bond donors (Lipinski definition) is 0. The number of hydrogen-bond acceptors (Lipinski definition) is 2. The van der Waals surface area contributed by atoms with Gasteiger partial charge in [0.1, 0.15) is 18.2 Å². The van der Waals surface area contributed by atoms with Crippen LogP contribution in [0.5, 0.6) is 5.75 Å². The Kier molecular flexibility index (Phi) is 2.49. The normalized spacial score (nSPS) is 10.1. The lowest BCUT2D eigenvalue weighted by Crippen LogP contribution is -1.93. The molecule has 1 aromatic carbocycles. The Morgan fingerprint density at radius 3 is 2.57 bits per heavy atom. The SMILES string of the molecule is Fc1ccc(OCc2ccoc2)cc1. The molecule has 0 aliphatic heterocycles. The standard InChI is InChI=1S/C11H9FO2/c12-10-1-3-11(4-2-10)14-8-9-5-6-13-7-9/h1-7H,8H2. The van der Waals surface area contributed by atoms with Crippen molar-refractivity contribution in [2.45, 2.75) is 6.61 Å². The number of halogens is 1. The molecule has 0 aliphatic carbocycles. The smallest absolute Gasteiger partial charge is 0.123 e. The maximum atomic E-state index is 12.5. The Bertz CT molecular complexity index is 378. The molecule has 2 aromatic rings. The minimum Gasteiger partial charge on any atom is -0.489 e. The molecular formula is C11H9FO2. The molecule has 0 saturated heterocycles. The van der Waals surface area contributed by atoms with Crippen molar-refractivity contribution in [2.75, 3.05) is 0 Å². The summed E-state index contributed by atoms with van der Waals surface area (Å²) in [5.74, 6) is 0.383. The molecule has 0 bridgehead atoms. The van der Waals surface area contributed by atoms with Crippen molar-refractivity contribution in [3.63, 3.8) is 0 Å². The van der Waals surface area contributed by atoms with E-state index in [-0.39, 0.29) is 5.82 Å². The molecule has 14 heavy (non-hydrogen) atoms. The highest BCUT2D eigenvalue weighted by Crippen LogP contribution is 2.13. The Hall–Kier alpha value is -1.77. The van der Waals surface area contributed by atoms with Gasteiger partial charge in [-0.05, 0) is 30.3 Å². The predicted molar refractivity (Wildman–Crippen MR) is 49.4 cm³/mol. The van der Waals surface area contributed by atoms with Crippen LogP contribution in [-0.2, 0) is 6.61 Å². The fourth-order valence-corrected chi connectivity index (χ4v) is 1.07. The molecule has 1 aromatic heterocycles. The topological polar surface area (TPSA) is 22.4 Å². The minimum atomic E-state index is -0.263. The van der Waals surface area contributed by atoms with Crippen LogP contribution >= 0.6 is 0 Å². The predicted octanol–water partition coefficient (Wildman–Crippen LogP) is 3.00. The molecule has 3 heteroatoms. The van der Waals surface area contributed by atoms with Gasteiger partial charge in [-0.25, -0.2) is 4.39 Å². The Morgan fingerprint density at radius 2 is 1.93 bits per heavy atom. The van der Waals surface area contributed by atoms with Gasteiger partial charge >= 0.3 is 0 Å². The van der Waals surface area contributed by atoms with Gasteiger partial charge in [0.25, 0.3) is 0 Å². The van der Waals surface area contributed by atoms with Crippen LogP contribution in [0.25, 0.3) is 0 Å². The van der Waals surface area contributed by atoms with E-state index in [1.165, 1.54) is 12.1 Å². The summed E-state index contributed by atoms with van der Waals surface area (Å²) in [6.07, 6.45) is 3.20. The van der Waals surface area contributed by atoms with Gasteiger partial charge in [0.05, 0.1) is 12.5 Å². The molecule has 0 atom stereocenters. The van der Waals surface area contributed by atoms with Gasteiger partial charge in [-0.2, -0.15) is 0 Å². The van der Waals surface area contributed by atoms with Crippen LogP contribution in [0.15, 0.2) is 47.3 Å². The van der Waals surface area contributed by atoms with E-state index >= 15 is 0 Å². The van der Waals surface area contributed by atoms with Crippen molar-refractivity contribution in [3.05, 3.63) is 54.2 Å². The van der Waals surface area contributed by atoms with Crippen molar-refractivity contribution in [1.82, 2.24) is 0 Å². The van der Waals surface area contributed by atoms with Crippen LogP contribution in [0.3, 0.4) is 0 Å². The monoisotopic (exact) mass is 192 g/mol. The van der Waals surface area contributed by atoms with E-state index in [1.54, 1.807) is 24.7 Å². The molecule has 0 unspecified atom stereocenters. The van der Waals surface area contributed by atoms with E-state index in [1.807, 2.05) is 6.07 Å². The second-order valence-corrected chi connectivity index (χ2v) is 2.87. The third-order valence-electron chi connectivity index (χ3n) is 1.80. The number of benzene rings is 1. The van der Waals surface area contributed by atoms with Gasteiger partial charge in [0.15, 0.2) is 0 Å². The first-order chi connectivity index (χ1) is 6.84. The fourth-order valence-electron chi connectivity index (χ4n) is 1.07. The number of rotatable bonds is 3. The molecule has 1 heterocycles. The molecule has 0 radical (unpaired) electrons. The highest BCUT2D eigenvalue weighted by molar-refractivity contribution is 5.22. The van der Waals surface area contributed by atoms with Crippen LogP contribution in [0, 0.1) is 5.82 Å². The Labute approximate surface area is 80.9 Å². The molecule has 0 spiro atoms. The van der Waals surface area contributed by atoms with Gasteiger partial charge in [0, 0.05) is 5.56 Å². The highest BCUT2D eigenvalue weighted by atomic mass is 19.1. The molecule has 0 aliphatic rings. The van der Waals surface area contributed by atoms with Crippen molar-refractivity contribution in [1.29, 1.82) is 0 Å². The molecule has 0 saturated carbocycles. The maximum absolute atomic E-state index is 12.5. The van der Waals surface area contributed by atoms with Gasteiger partial charge < -0.3 is 9.15 Å². The zero-order valence-electron chi connectivity index (χ0n) is 7.44. The van der Waals surface area contributed by atoms with E-state index in [2.05, 4.69) is 0 Å². The highest BCUT2D eigenvalue weighted by Gasteiger charge is 1.96.